The Kier molecular flexibility index (Phi) is 5.70. The van der Waals surface area contributed by atoms with E-state index < -0.39 is 5.79 Å². The fraction of sp³-hybridized carbons (Fsp3) is 0.632. The number of likely N-dealkylation sites (tertiary alicyclic amines) is 1. The van der Waals surface area contributed by atoms with Crippen LogP contribution in [0.4, 0.5) is 4.39 Å². The molecule has 2 aliphatic heterocycles. The van der Waals surface area contributed by atoms with Crippen molar-refractivity contribution in [2.75, 3.05) is 39.9 Å². The minimum atomic E-state index is -0.745. The molecule has 2 fully saturated rings. The molecule has 5 nitrogen and oxygen atoms in total. The van der Waals surface area contributed by atoms with Crippen molar-refractivity contribution < 1.29 is 13.9 Å². The Labute approximate surface area is 148 Å². The van der Waals surface area contributed by atoms with E-state index in [1.807, 2.05) is 7.05 Å². The van der Waals surface area contributed by atoms with Crippen LogP contribution in [0.15, 0.2) is 24.3 Å². The van der Waals surface area contributed by atoms with Gasteiger partial charge in [-0.25, -0.2) is 4.39 Å². The van der Waals surface area contributed by atoms with Gasteiger partial charge >= 0.3 is 0 Å². The van der Waals surface area contributed by atoms with Crippen molar-refractivity contribution in [3.8, 4) is 6.07 Å². The predicted molar refractivity (Wildman–Crippen MR) is 92.3 cm³/mol. The van der Waals surface area contributed by atoms with Gasteiger partial charge in [-0.2, -0.15) is 5.26 Å². The van der Waals surface area contributed by atoms with Gasteiger partial charge in [0.15, 0.2) is 5.79 Å². The molecule has 2 saturated heterocycles. The van der Waals surface area contributed by atoms with Gasteiger partial charge in [0.25, 0.3) is 0 Å². The molecule has 1 aromatic rings. The lowest BCUT2D eigenvalue weighted by atomic mass is 9.89. The van der Waals surface area contributed by atoms with Crippen LogP contribution in [0.2, 0.25) is 0 Å². The van der Waals surface area contributed by atoms with E-state index in [0.717, 1.165) is 50.9 Å². The van der Waals surface area contributed by atoms with Crippen molar-refractivity contribution in [3.05, 3.63) is 35.6 Å². The summed E-state index contributed by atoms with van der Waals surface area (Å²) in [6.07, 6.45) is 3.35. The number of nitrogens with one attached hydrogen (secondary N) is 1. The van der Waals surface area contributed by atoms with Crippen molar-refractivity contribution >= 4 is 0 Å². The topological polar surface area (TPSA) is 57.5 Å². The molecule has 2 heterocycles. The molecule has 0 aliphatic carbocycles. The lowest BCUT2D eigenvalue weighted by Crippen LogP contribution is -2.51. The molecule has 0 aromatic heterocycles. The second-order valence-corrected chi connectivity index (χ2v) is 6.85. The first-order valence-electron chi connectivity index (χ1n) is 8.98. The highest BCUT2D eigenvalue weighted by Crippen LogP contribution is 2.36. The van der Waals surface area contributed by atoms with Crippen molar-refractivity contribution in [1.29, 1.82) is 5.26 Å². The maximum absolute atomic E-state index is 13.2. The highest BCUT2D eigenvalue weighted by atomic mass is 19.1. The maximum atomic E-state index is 13.2. The number of benzene rings is 1. The molecule has 3 rings (SSSR count). The highest BCUT2D eigenvalue weighted by molar-refractivity contribution is 5.22. The van der Waals surface area contributed by atoms with E-state index in [4.69, 9.17) is 9.47 Å². The van der Waals surface area contributed by atoms with Gasteiger partial charge in [0.2, 0.25) is 0 Å². The van der Waals surface area contributed by atoms with Gasteiger partial charge in [0.1, 0.15) is 11.4 Å². The standard InChI is InChI=1S/C19H26FN3O2/c1-22-18(15-21)8-11-23(12-9-18)10-2-7-19(24-13-14-25-19)16-3-5-17(20)6-4-16/h3-6,22H,2,7-14H2,1H3. The maximum Gasteiger partial charge on any atom is 0.195 e. The van der Waals surface area contributed by atoms with E-state index >= 15 is 0 Å². The summed E-state index contributed by atoms with van der Waals surface area (Å²) in [4.78, 5) is 2.39. The molecule has 0 unspecified atom stereocenters. The SMILES string of the molecule is CNC1(C#N)CCN(CCCC2(c3ccc(F)cc3)OCCO2)CC1. The third-order valence-electron chi connectivity index (χ3n) is 5.42. The molecule has 136 valence electrons. The third kappa shape index (κ3) is 4.01. The number of nitrogens with zero attached hydrogens (tertiary/aromatic N) is 2. The van der Waals surface area contributed by atoms with Crippen LogP contribution in [0.3, 0.4) is 0 Å². The summed E-state index contributed by atoms with van der Waals surface area (Å²) < 4.78 is 25.0. The summed E-state index contributed by atoms with van der Waals surface area (Å²) >= 11 is 0. The lowest BCUT2D eigenvalue weighted by molar-refractivity contribution is -0.172. The second kappa shape index (κ2) is 7.79. The van der Waals surface area contributed by atoms with Crippen molar-refractivity contribution in [3.63, 3.8) is 0 Å². The summed E-state index contributed by atoms with van der Waals surface area (Å²) in [6.45, 7) is 3.90. The van der Waals surface area contributed by atoms with E-state index in [2.05, 4.69) is 16.3 Å². The molecule has 0 amide bonds. The molecular weight excluding hydrogens is 321 g/mol. The molecule has 0 bridgehead atoms. The van der Waals surface area contributed by atoms with E-state index in [9.17, 15) is 9.65 Å². The fourth-order valence-electron chi connectivity index (χ4n) is 3.73. The zero-order valence-electron chi connectivity index (χ0n) is 14.8. The van der Waals surface area contributed by atoms with Crippen LogP contribution in [0.1, 0.15) is 31.2 Å². The molecule has 0 atom stereocenters. The van der Waals surface area contributed by atoms with Crippen molar-refractivity contribution in [1.82, 2.24) is 10.2 Å². The Morgan fingerprint density at radius 2 is 1.84 bits per heavy atom. The van der Waals surface area contributed by atoms with E-state index in [0.29, 0.717) is 13.2 Å². The Morgan fingerprint density at radius 1 is 1.20 bits per heavy atom. The molecule has 6 heteroatoms. The van der Waals surface area contributed by atoms with Gasteiger partial charge in [0.05, 0.1) is 19.3 Å². The number of hydrogen-bond acceptors (Lipinski definition) is 5. The monoisotopic (exact) mass is 347 g/mol. The first kappa shape index (κ1) is 18.3. The van der Waals surface area contributed by atoms with Crippen LogP contribution in [0.25, 0.3) is 0 Å². The largest absolute Gasteiger partial charge is 0.343 e. The van der Waals surface area contributed by atoms with Gasteiger partial charge < -0.3 is 19.7 Å². The Morgan fingerprint density at radius 3 is 2.40 bits per heavy atom. The third-order valence-corrected chi connectivity index (χ3v) is 5.42. The molecule has 1 N–H and O–H groups in total. The summed E-state index contributed by atoms with van der Waals surface area (Å²) in [6, 6.07) is 8.80. The highest BCUT2D eigenvalue weighted by Gasteiger charge is 2.38. The van der Waals surface area contributed by atoms with Crippen LogP contribution >= 0.6 is 0 Å². The molecule has 0 spiro atoms. The van der Waals surface area contributed by atoms with Crippen LogP contribution in [0.5, 0.6) is 0 Å². The number of nitriles is 1. The number of halogens is 1. The molecular formula is C19H26FN3O2. The minimum absolute atomic E-state index is 0.254. The number of rotatable bonds is 6. The van der Waals surface area contributed by atoms with E-state index in [-0.39, 0.29) is 11.4 Å². The predicted octanol–water partition coefficient (Wildman–Crippen LogP) is 2.38. The smallest absolute Gasteiger partial charge is 0.195 e. The van der Waals surface area contributed by atoms with Gasteiger partial charge in [-0.15, -0.1) is 0 Å². The number of piperidine rings is 1. The van der Waals surface area contributed by atoms with Crippen LogP contribution in [-0.4, -0.2) is 50.3 Å². The second-order valence-electron chi connectivity index (χ2n) is 6.85. The zero-order valence-corrected chi connectivity index (χ0v) is 14.8. The average Bonchev–Trinajstić information content (AvgIpc) is 3.13. The molecule has 2 aliphatic rings. The van der Waals surface area contributed by atoms with Crippen molar-refractivity contribution in [2.24, 2.45) is 0 Å². The van der Waals surface area contributed by atoms with Gasteiger partial charge in [-0.05, 0) is 45.0 Å². The molecule has 0 saturated carbocycles. The zero-order chi connectivity index (χ0) is 17.8. The quantitative estimate of drug-likeness (QED) is 0.856. The Bertz CT molecular complexity index is 600. The average molecular weight is 347 g/mol. The van der Waals surface area contributed by atoms with Crippen LogP contribution in [0, 0.1) is 17.1 Å². The van der Waals surface area contributed by atoms with Gasteiger partial charge in [-0.3, -0.25) is 0 Å². The first-order valence-corrected chi connectivity index (χ1v) is 8.98. The molecule has 25 heavy (non-hydrogen) atoms. The summed E-state index contributed by atoms with van der Waals surface area (Å²) in [5.41, 5.74) is 0.507. The fourth-order valence-corrected chi connectivity index (χ4v) is 3.73. The normalized spacial score (nSPS) is 22.6. The van der Waals surface area contributed by atoms with Gasteiger partial charge in [-0.1, -0.05) is 12.1 Å². The minimum Gasteiger partial charge on any atom is -0.343 e. The lowest BCUT2D eigenvalue weighted by Gasteiger charge is -2.37. The summed E-state index contributed by atoms with van der Waals surface area (Å²) in [5, 5.41) is 12.5. The first-order chi connectivity index (χ1) is 12.1. The number of hydrogen-bond donors (Lipinski definition) is 1. The summed E-state index contributed by atoms with van der Waals surface area (Å²) in [7, 11) is 1.86. The Balaban J connectivity index is 1.54. The van der Waals surface area contributed by atoms with Crippen LogP contribution in [-0.2, 0) is 15.3 Å². The van der Waals surface area contributed by atoms with E-state index in [1.54, 1.807) is 12.1 Å². The molecule has 0 radical (unpaired) electrons. The van der Waals surface area contributed by atoms with Gasteiger partial charge in [0, 0.05) is 25.1 Å². The molecule has 1 aromatic carbocycles. The Hall–Kier alpha value is -1.52. The number of ether oxygens (including phenoxy) is 2. The summed E-state index contributed by atoms with van der Waals surface area (Å²) in [5.74, 6) is -0.999. The van der Waals surface area contributed by atoms with Crippen LogP contribution < -0.4 is 5.32 Å². The van der Waals surface area contributed by atoms with E-state index in [1.165, 1.54) is 12.1 Å². The van der Waals surface area contributed by atoms with Crippen molar-refractivity contribution in [2.45, 2.75) is 37.0 Å².